The van der Waals surface area contributed by atoms with Gasteiger partial charge in [-0.25, -0.2) is 0 Å². The van der Waals surface area contributed by atoms with Crippen molar-refractivity contribution in [2.75, 3.05) is 13.1 Å². The average molecular weight is 223 g/mol. The second kappa shape index (κ2) is 5.31. The van der Waals surface area contributed by atoms with E-state index >= 15 is 0 Å². The third-order valence-corrected chi connectivity index (χ3v) is 4.54. The summed E-state index contributed by atoms with van der Waals surface area (Å²) in [5.74, 6) is 1.03. The van der Waals surface area contributed by atoms with E-state index in [2.05, 4.69) is 12.2 Å². The van der Waals surface area contributed by atoms with E-state index in [-0.39, 0.29) is 5.41 Å². The Morgan fingerprint density at radius 1 is 1.25 bits per heavy atom. The van der Waals surface area contributed by atoms with Gasteiger partial charge in [0, 0.05) is 11.3 Å². The minimum absolute atomic E-state index is 0.0506. The highest BCUT2D eigenvalue weighted by molar-refractivity contribution is 5.87. The Balaban J connectivity index is 2.07. The number of piperidine rings is 1. The van der Waals surface area contributed by atoms with Crippen LogP contribution in [0.1, 0.15) is 58.3 Å². The van der Waals surface area contributed by atoms with Crippen LogP contribution in [0.4, 0.5) is 0 Å². The van der Waals surface area contributed by atoms with Crippen LogP contribution in [0.15, 0.2) is 0 Å². The molecule has 1 aliphatic carbocycles. The Kier molecular flexibility index (Phi) is 4.01. The third-order valence-electron chi connectivity index (χ3n) is 4.54. The Morgan fingerprint density at radius 3 is 2.44 bits per heavy atom. The van der Waals surface area contributed by atoms with E-state index in [9.17, 15) is 4.79 Å². The van der Waals surface area contributed by atoms with E-state index in [1.54, 1.807) is 0 Å². The van der Waals surface area contributed by atoms with Crippen molar-refractivity contribution in [3.63, 3.8) is 0 Å². The zero-order valence-electron chi connectivity index (χ0n) is 10.6. The molecular weight excluding hydrogens is 198 g/mol. The fraction of sp³-hybridized carbons (Fsp3) is 0.929. The smallest absolute Gasteiger partial charge is 0.142 e. The molecule has 1 saturated heterocycles. The summed E-state index contributed by atoms with van der Waals surface area (Å²) in [4.78, 5) is 12.7. The molecule has 2 rings (SSSR count). The minimum atomic E-state index is 0.0506. The molecule has 2 nitrogen and oxygen atoms in total. The van der Waals surface area contributed by atoms with Crippen molar-refractivity contribution in [1.29, 1.82) is 0 Å². The van der Waals surface area contributed by atoms with Crippen molar-refractivity contribution >= 4 is 5.78 Å². The maximum atomic E-state index is 12.7. The molecule has 2 heteroatoms. The lowest BCUT2D eigenvalue weighted by atomic mass is 9.68. The van der Waals surface area contributed by atoms with E-state index in [0.29, 0.717) is 11.7 Å². The molecule has 0 unspecified atom stereocenters. The monoisotopic (exact) mass is 223 g/mol. The van der Waals surface area contributed by atoms with E-state index in [0.717, 1.165) is 51.6 Å². The first kappa shape index (κ1) is 12.1. The Morgan fingerprint density at radius 2 is 1.88 bits per heavy atom. The molecule has 0 aromatic rings. The van der Waals surface area contributed by atoms with Crippen molar-refractivity contribution in [1.82, 2.24) is 5.32 Å². The Labute approximate surface area is 99.2 Å². The quantitative estimate of drug-likeness (QED) is 0.794. The summed E-state index contributed by atoms with van der Waals surface area (Å²) >= 11 is 0. The fourth-order valence-corrected chi connectivity index (χ4v) is 3.62. The number of ketones is 1. The summed E-state index contributed by atoms with van der Waals surface area (Å²) in [6, 6.07) is 0. The third kappa shape index (κ3) is 2.32. The van der Waals surface area contributed by atoms with Crippen LogP contribution in [0.3, 0.4) is 0 Å². The zero-order valence-corrected chi connectivity index (χ0v) is 10.6. The topological polar surface area (TPSA) is 29.1 Å². The lowest BCUT2D eigenvalue weighted by Crippen LogP contribution is -2.44. The maximum Gasteiger partial charge on any atom is 0.142 e. The first-order valence-electron chi connectivity index (χ1n) is 7.03. The van der Waals surface area contributed by atoms with Gasteiger partial charge in [-0.15, -0.1) is 0 Å². The second-order valence-corrected chi connectivity index (χ2v) is 5.63. The van der Waals surface area contributed by atoms with Crippen molar-refractivity contribution in [3.8, 4) is 0 Å². The van der Waals surface area contributed by atoms with Gasteiger partial charge in [-0.05, 0) is 45.2 Å². The minimum Gasteiger partial charge on any atom is -0.317 e. The Bertz CT molecular complexity index is 232. The largest absolute Gasteiger partial charge is 0.317 e. The molecule has 1 N–H and O–H groups in total. The number of rotatable bonds is 4. The molecule has 2 aliphatic rings. The summed E-state index contributed by atoms with van der Waals surface area (Å²) in [5.41, 5.74) is 0.0506. The average Bonchev–Trinajstić information content (AvgIpc) is 2.83. The summed E-state index contributed by atoms with van der Waals surface area (Å²) in [6.45, 7) is 4.29. The molecule has 1 aliphatic heterocycles. The fourth-order valence-electron chi connectivity index (χ4n) is 3.62. The number of carbonyl (C=O) groups excluding carboxylic acids is 1. The van der Waals surface area contributed by atoms with Crippen LogP contribution >= 0.6 is 0 Å². The summed E-state index contributed by atoms with van der Waals surface area (Å²) in [7, 11) is 0. The van der Waals surface area contributed by atoms with E-state index < -0.39 is 0 Å². The molecule has 0 aromatic carbocycles. The van der Waals surface area contributed by atoms with Gasteiger partial charge in [-0.3, -0.25) is 4.79 Å². The molecule has 1 heterocycles. The summed E-state index contributed by atoms with van der Waals surface area (Å²) in [6.07, 6.45) is 9.30. The predicted molar refractivity (Wildman–Crippen MR) is 66.4 cm³/mol. The molecule has 2 fully saturated rings. The number of Topliss-reactive ketones (excluding diaryl/α,β-unsaturated/α-hetero) is 1. The number of nitrogens with one attached hydrogen (secondary N) is 1. The summed E-state index contributed by atoms with van der Waals surface area (Å²) < 4.78 is 0. The van der Waals surface area contributed by atoms with E-state index in [1.807, 2.05) is 0 Å². The van der Waals surface area contributed by atoms with Crippen LogP contribution in [0, 0.1) is 11.3 Å². The van der Waals surface area contributed by atoms with E-state index in [4.69, 9.17) is 0 Å². The van der Waals surface area contributed by atoms with Crippen molar-refractivity contribution < 1.29 is 4.79 Å². The highest BCUT2D eigenvalue weighted by Gasteiger charge is 2.42. The second-order valence-electron chi connectivity index (χ2n) is 5.63. The normalized spacial score (nSPS) is 25.8. The molecule has 0 aromatic heterocycles. The van der Waals surface area contributed by atoms with Gasteiger partial charge in [0.05, 0.1) is 0 Å². The molecular formula is C14H25NO. The molecule has 0 bridgehead atoms. The molecule has 16 heavy (non-hydrogen) atoms. The van der Waals surface area contributed by atoms with Crippen LogP contribution in [0.5, 0.6) is 0 Å². The van der Waals surface area contributed by atoms with Gasteiger partial charge in [0.15, 0.2) is 0 Å². The SMILES string of the molecule is CCCC1(C(=O)C2CCCC2)CCNCC1. The molecule has 1 saturated carbocycles. The first-order chi connectivity index (χ1) is 7.78. The van der Waals surface area contributed by atoms with Crippen LogP contribution in [-0.4, -0.2) is 18.9 Å². The van der Waals surface area contributed by atoms with Crippen LogP contribution < -0.4 is 5.32 Å². The molecule has 0 atom stereocenters. The first-order valence-corrected chi connectivity index (χ1v) is 7.03. The summed E-state index contributed by atoms with van der Waals surface area (Å²) in [5, 5.41) is 3.39. The maximum absolute atomic E-state index is 12.7. The molecule has 0 radical (unpaired) electrons. The van der Waals surface area contributed by atoms with Crippen LogP contribution in [-0.2, 0) is 4.79 Å². The van der Waals surface area contributed by atoms with Crippen molar-refractivity contribution in [3.05, 3.63) is 0 Å². The van der Waals surface area contributed by atoms with Gasteiger partial charge in [-0.2, -0.15) is 0 Å². The van der Waals surface area contributed by atoms with Crippen LogP contribution in [0.2, 0.25) is 0 Å². The van der Waals surface area contributed by atoms with Gasteiger partial charge in [0.1, 0.15) is 5.78 Å². The Hall–Kier alpha value is -0.370. The lowest BCUT2D eigenvalue weighted by molar-refractivity contribution is -0.134. The molecule has 0 spiro atoms. The van der Waals surface area contributed by atoms with Gasteiger partial charge in [0.2, 0.25) is 0 Å². The van der Waals surface area contributed by atoms with Crippen LogP contribution in [0.25, 0.3) is 0 Å². The van der Waals surface area contributed by atoms with Gasteiger partial charge >= 0.3 is 0 Å². The van der Waals surface area contributed by atoms with E-state index in [1.165, 1.54) is 12.8 Å². The van der Waals surface area contributed by atoms with Gasteiger partial charge in [0.25, 0.3) is 0 Å². The highest BCUT2D eigenvalue weighted by atomic mass is 16.1. The van der Waals surface area contributed by atoms with Crippen molar-refractivity contribution in [2.45, 2.75) is 58.3 Å². The van der Waals surface area contributed by atoms with Crippen molar-refractivity contribution in [2.24, 2.45) is 11.3 Å². The van der Waals surface area contributed by atoms with Gasteiger partial charge < -0.3 is 5.32 Å². The standard InChI is InChI=1S/C14H25NO/c1-2-7-14(8-10-15-11-9-14)13(16)12-5-3-4-6-12/h12,15H,2-11H2,1H3. The number of hydrogen-bond acceptors (Lipinski definition) is 2. The van der Waals surface area contributed by atoms with Gasteiger partial charge in [-0.1, -0.05) is 26.2 Å². The molecule has 92 valence electrons. The highest BCUT2D eigenvalue weighted by Crippen LogP contribution is 2.41. The zero-order chi connectivity index (χ0) is 11.4. The lowest BCUT2D eigenvalue weighted by Gasteiger charge is -2.38. The number of hydrogen-bond donors (Lipinski definition) is 1. The predicted octanol–water partition coefficient (Wildman–Crippen LogP) is 2.92. The molecule has 0 amide bonds. The number of carbonyl (C=O) groups is 1.